The molecule has 0 aliphatic carbocycles. The highest BCUT2D eigenvalue weighted by Crippen LogP contribution is 2.23. The van der Waals surface area contributed by atoms with Gasteiger partial charge in [-0.1, -0.05) is 6.07 Å². The molecule has 146 valence electrons. The molecule has 1 N–H and O–H groups in total. The lowest BCUT2D eigenvalue weighted by molar-refractivity contribution is -0.117. The predicted octanol–water partition coefficient (Wildman–Crippen LogP) is 1.40. The number of anilines is 2. The number of halogens is 2. The minimum Gasteiger partial charge on any atom is -0.353 e. The summed E-state index contributed by atoms with van der Waals surface area (Å²) in [5.74, 6) is -1.21. The standard InChI is InChI=1S/C18H19F2N7O/c1-25-17-12(9-23-25)18(22-11-21-17)27-7-5-26(6-8-27)10-15(28)24-16-13(19)3-2-4-14(16)20/h2-4,9,11H,5-8,10H2,1H3,(H,24,28). The zero-order valence-corrected chi connectivity index (χ0v) is 15.3. The van der Waals surface area contributed by atoms with Crippen LogP contribution in [0.4, 0.5) is 20.3 Å². The van der Waals surface area contributed by atoms with Crippen LogP contribution in [0.25, 0.3) is 11.0 Å². The number of aryl methyl sites for hydroxylation is 1. The minimum atomic E-state index is -0.789. The van der Waals surface area contributed by atoms with Gasteiger partial charge in [-0.15, -0.1) is 0 Å². The minimum absolute atomic E-state index is 0.0632. The van der Waals surface area contributed by atoms with Crippen molar-refractivity contribution in [2.45, 2.75) is 0 Å². The van der Waals surface area contributed by atoms with Crippen molar-refractivity contribution in [2.24, 2.45) is 7.05 Å². The molecule has 1 aliphatic rings. The first-order valence-corrected chi connectivity index (χ1v) is 8.87. The van der Waals surface area contributed by atoms with Gasteiger partial charge in [0.25, 0.3) is 0 Å². The number of hydrogen-bond acceptors (Lipinski definition) is 6. The van der Waals surface area contributed by atoms with Gasteiger partial charge in [0.1, 0.15) is 29.5 Å². The number of fused-ring (bicyclic) bond motifs is 1. The van der Waals surface area contributed by atoms with E-state index in [-0.39, 0.29) is 6.54 Å². The number of para-hydroxylation sites is 1. The highest BCUT2D eigenvalue weighted by Gasteiger charge is 2.23. The van der Waals surface area contributed by atoms with Gasteiger partial charge >= 0.3 is 0 Å². The largest absolute Gasteiger partial charge is 0.353 e. The van der Waals surface area contributed by atoms with E-state index in [2.05, 4.69) is 25.3 Å². The summed E-state index contributed by atoms with van der Waals surface area (Å²) in [5, 5.41) is 7.42. The Morgan fingerprint density at radius 2 is 1.86 bits per heavy atom. The van der Waals surface area contributed by atoms with Crippen LogP contribution in [-0.4, -0.2) is 63.3 Å². The molecule has 0 radical (unpaired) electrons. The SMILES string of the molecule is Cn1ncc2c(N3CCN(CC(=O)Nc4c(F)cccc4F)CC3)ncnc21. The summed E-state index contributed by atoms with van der Waals surface area (Å²) in [5.41, 5.74) is 0.352. The first-order chi connectivity index (χ1) is 13.5. The van der Waals surface area contributed by atoms with Crippen molar-refractivity contribution in [1.29, 1.82) is 0 Å². The molecule has 0 spiro atoms. The molecule has 1 amide bonds. The number of piperazine rings is 1. The molecule has 3 heterocycles. The first-order valence-electron chi connectivity index (χ1n) is 8.87. The molecular weight excluding hydrogens is 368 g/mol. The van der Waals surface area contributed by atoms with E-state index in [4.69, 9.17) is 0 Å². The van der Waals surface area contributed by atoms with Gasteiger partial charge in [0.2, 0.25) is 5.91 Å². The highest BCUT2D eigenvalue weighted by molar-refractivity contribution is 5.92. The number of amides is 1. The summed E-state index contributed by atoms with van der Waals surface area (Å²) in [6.07, 6.45) is 3.26. The lowest BCUT2D eigenvalue weighted by Crippen LogP contribution is -2.49. The van der Waals surface area contributed by atoms with E-state index in [1.165, 1.54) is 12.4 Å². The molecule has 1 fully saturated rings. The van der Waals surface area contributed by atoms with Crippen molar-refractivity contribution in [1.82, 2.24) is 24.6 Å². The van der Waals surface area contributed by atoms with Gasteiger partial charge in [0, 0.05) is 33.2 Å². The van der Waals surface area contributed by atoms with Gasteiger partial charge in [-0.05, 0) is 12.1 Å². The fraction of sp³-hybridized carbons (Fsp3) is 0.333. The zero-order valence-electron chi connectivity index (χ0n) is 15.3. The van der Waals surface area contributed by atoms with Crippen LogP contribution in [0, 0.1) is 11.6 Å². The van der Waals surface area contributed by atoms with Crippen molar-refractivity contribution in [3.8, 4) is 0 Å². The maximum Gasteiger partial charge on any atom is 0.238 e. The number of nitrogens with zero attached hydrogens (tertiary/aromatic N) is 6. The summed E-state index contributed by atoms with van der Waals surface area (Å²) in [4.78, 5) is 24.9. The Balaban J connectivity index is 1.37. The smallest absolute Gasteiger partial charge is 0.238 e. The molecule has 0 unspecified atom stereocenters. The van der Waals surface area contributed by atoms with Crippen molar-refractivity contribution in [2.75, 3.05) is 42.9 Å². The van der Waals surface area contributed by atoms with Gasteiger partial charge in [-0.3, -0.25) is 14.4 Å². The summed E-state index contributed by atoms with van der Waals surface area (Å²) in [7, 11) is 1.83. The summed E-state index contributed by atoms with van der Waals surface area (Å²) < 4.78 is 29.0. The molecule has 1 saturated heterocycles. The fourth-order valence-corrected chi connectivity index (χ4v) is 3.32. The maximum atomic E-state index is 13.7. The van der Waals surface area contributed by atoms with Gasteiger partial charge in [0.15, 0.2) is 5.65 Å². The second-order valence-electron chi connectivity index (χ2n) is 6.61. The molecule has 1 aliphatic heterocycles. The van der Waals surface area contributed by atoms with Crippen LogP contribution in [0.1, 0.15) is 0 Å². The van der Waals surface area contributed by atoms with Gasteiger partial charge in [0.05, 0.1) is 18.1 Å². The molecule has 2 aromatic heterocycles. The van der Waals surface area contributed by atoms with Crippen molar-refractivity contribution >= 4 is 28.4 Å². The fourth-order valence-electron chi connectivity index (χ4n) is 3.32. The second kappa shape index (κ2) is 7.47. The Kier molecular flexibility index (Phi) is 4.86. The molecule has 8 nitrogen and oxygen atoms in total. The maximum absolute atomic E-state index is 13.7. The molecule has 10 heteroatoms. The second-order valence-corrected chi connectivity index (χ2v) is 6.61. The van der Waals surface area contributed by atoms with E-state index in [9.17, 15) is 13.6 Å². The van der Waals surface area contributed by atoms with Crippen molar-refractivity contribution in [3.05, 3.63) is 42.4 Å². The Labute approximate surface area is 159 Å². The van der Waals surface area contributed by atoms with Crippen LogP contribution >= 0.6 is 0 Å². The molecule has 4 rings (SSSR count). The molecule has 1 aromatic carbocycles. The average molecular weight is 387 g/mol. The molecule has 3 aromatic rings. The molecule has 0 saturated carbocycles. The third-order valence-corrected chi connectivity index (χ3v) is 4.77. The lowest BCUT2D eigenvalue weighted by Gasteiger charge is -2.35. The highest BCUT2D eigenvalue weighted by atomic mass is 19.1. The summed E-state index contributed by atoms with van der Waals surface area (Å²) >= 11 is 0. The normalized spacial score (nSPS) is 15.2. The van der Waals surface area contributed by atoms with Crippen molar-refractivity contribution in [3.63, 3.8) is 0 Å². The van der Waals surface area contributed by atoms with Crippen LogP contribution < -0.4 is 10.2 Å². The number of nitrogens with one attached hydrogen (secondary N) is 1. The molecular formula is C18H19F2N7O. The van der Waals surface area contributed by atoms with E-state index in [0.717, 1.165) is 29.0 Å². The number of benzene rings is 1. The Morgan fingerprint density at radius 3 is 2.57 bits per heavy atom. The van der Waals surface area contributed by atoms with Crippen molar-refractivity contribution < 1.29 is 13.6 Å². The van der Waals surface area contributed by atoms with Gasteiger partial charge < -0.3 is 10.2 Å². The Bertz CT molecular complexity index is 994. The van der Waals surface area contributed by atoms with E-state index in [1.54, 1.807) is 10.9 Å². The summed E-state index contributed by atoms with van der Waals surface area (Å²) in [6.45, 7) is 2.65. The first kappa shape index (κ1) is 18.2. The summed E-state index contributed by atoms with van der Waals surface area (Å²) in [6, 6.07) is 3.47. The van der Waals surface area contributed by atoms with Gasteiger partial charge in [-0.2, -0.15) is 5.10 Å². The monoisotopic (exact) mass is 387 g/mol. The van der Waals surface area contributed by atoms with E-state index in [1.807, 2.05) is 11.9 Å². The third-order valence-electron chi connectivity index (χ3n) is 4.77. The van der Waals surface area contributed by atoms with Crippen LogP contribution in [0.5, 0.6) is 0 Å². The average Bonchev–Trinajstić information content (AvgIpc) is 3.07. The van der Waals surface area contributed by atoms with E-state index < -0.39 is 23.2 Å². The van der Waals surface area contributed by atoms with E-state index >= 15 is 0 Å². The number of rotatable bonds is 4. The number of hydrogen-bond donors (Lipinski definition) is 1. The van der Waals surface area contributed by atoms with Gasteiger partial charge in [-0.25, -0.2) is 18.7 Å². The molecule has 0 bridgehead atoms. The van der Waals surface area contributed by atoms with Crippen LogP contribution in [0.15, 0.2) is 30.7 Å². The van der Waals surface area contributed by atoms with Crippen LogP contribution in [0.3, 0.4) is 0 Å². The zero-order chi connectivity index (χ0) is 19.7. The van der Waals surface area contributed by atoms with Crippen LogP contribution in [0.2, 0.25) is 0 Å². The predicted molar refractivity (Wildman–Crippen MR) is 99.9 cm³/mol. The molecule has 0 atom stereocenters. The number of carbonyl (C=O) groups is 1. The number of carbonyl (C=O) groups excluding carboxylic acids is 1. The van der Waals surface area contributed by atoms with Crippen LogP contribution in [-0.2, 0) is 11.8 Å². The Hall–Kier alpha value is -3.14. The number of aromatic nitrogens is 4. The third kappa shape index (κ3) is 3.50. The molecule has 28 heavy (non-hydrogen) atoms. The topological polar surface area (TPSA) is 79.2 Å². The lowest BCUT2D eigenvalue weighted by atomic mass is 10.2. The van der Waals surface area contributed by atoms with E-state index in [0.29, 0.717) is 26.2 Å². The Morgan fingerprint density at radius 1 is 1.14 bits per heavy atom. The quantitative estimate of drug-likeness (QED) is 0.729.